The fraction of sp³-hybridized carbons (Fsp3) is 0.333. The summed E-state index contributed by atoms with van der Waals surface area (Å²) in [7, 11) is 1.60. The summed E-state index contributed by atoms with van der Waals surface area (Å²) in [5.41, 5.74) is 0.738. The summed E-state index contributed by atoms with van der Waals surface area (Å²) in [6, 6.07) is 8.11. The van der Waals surface area contributed by atoms with Crippen molar-refractivity contribution in [2.45, 2.75) is 19.4 Å². The second-order valence-corrected chi connectivity index (χ2v) is 3.66. The minimum Gasteiger partial charge on any atom is -0.508 e. The summed E-state index contributed by atoms with van der Waals surface area (Å²) in [5.74, 6) is 0.000865. The molecule has 0 aliphatic heterocycles. The van der Waals surface area contributed by atoms with Gasteiger partial charge in [-0.25, -0.2) is 0 Å². The zero-order chi connectivity index (χ0) is 12.1. The van der Waals surface area contributed by atoms with Gasteiger partial charge in [0.2, 0.25) is 5.91 Å². The number of phenols is 1. The molecule has 1 aromatic carbocycles. The van der Waals surface area contributed by atoms with Gasteiger partial charge in [-0.1, -0.05) is 12.1 Å². The van der Waals surface area contributed by atoms with Crippen LogP contribution in [0.25, 0.3) is 0 Å². The molecule has 0 fully saturated rings. The summed E-state index contributed by atoms with van der Waals surface area (Å²) in [4.78, 5) is 13.1. The van der Waals surface area contributed by atoms with Gasteiger partial charge in [-0.3, -0.25) is 4.79 Å². The fourth-order valence-corrected chi connectivity index (χ4v) is 1.27. The third-order valence-electron chi connectivity index (χ3n) is 2.43. The van der Waals surface area contributed by atoms with Crippen LogP contribution >= 0.6 is 0 Å². The summed E-state index contributed by atoms with van der Waals surface area (Å²) in [6.45, 7) is 1.67. The van der Waals surface area contributed by atoms with Crippen molar-refractivity contribution in [2.75, 3.05) is 7.05 Å². The van der Waals surface area contributed by atoms with Crippen LogP contribution in [0.15, 0.2) is 24.3 Å². The third-order valence-corrected chi connectivity index (χ3v) is 2.43. The topological polar surface area (TPSA) is 64.3 Å². The molecule has 0 spiro atoms. The standard InChI is InChI=1S/C12H14N2O2/c1-9(8-13)14(2)12(16)7-10-4-3-5-11(15)6-10/h3-6,9,15H,7H2,1-2H3. The van der Waals surface area contributed by atoms with Crippen LogP contribution in [0.5, 0.6) is 5.75 Å². The molecule has 0 saturated carbocycles. The lowest BCUT2D eigenvalue weighted by Gasteiger charge is -2.19. The van der Waals surface area contributed by atoms with Crippen LogP contribution in [0.3, 0.4) is 0 Å². The van der Waals surface area contributed by atoms with Crippen LogP contribution in [0.2, 0.25) is 0 Å². The Morgan fingerprint density at radius 3 is 2.88 bits per heavy atom. The maximum atomic E-state index is 11.7. The first-order valence-corrected chi connectivity index (χ1v) is 4.97. The number of aromatic hydroxyl groups is 1. The highest BCUT2D eigenvalue weighted by atomic mass is 16.3. The number of hydrogen-bond donors (Lipinski definition) is 1. The van der Waals surface area contributed by atoms with E-state index in [0.717, 1.165) is 5.56 Å². The van der Waals surface area contributed by atoms with E-state index in [9.17, 15) is 9.90 Å². The first-order valence-electron chi connectivity index (χ1n) is 4.97. The van der Waals surface area contributed by atoms with Crippen LogP contribution in [0.1, 0.15) is 12.5 Å². The number of hydrogen-bond acceptors (Lipinski definition) is 3. The van der Waals surface area contributed by atoms with Gasteiger partial charge < -0.3 is 10.0 Å². The van der Waals surface area contributed by atoms with E-state index < -0.39 is 6.04 Å². The van der Waals surface area contributed by atoms with E-state index in [1.807, 2.05) is 6.07 Å². The molecule has 84 valence electrons. The van der Waals surface area contributed by atoms with Crippen molar-refractivity contribution in [3.63, 3.8) is 0 Å². The molecular weight excluding hydrogens is 204 g/mol. The number of carbonyl (C=O) groups is 1. The van der Waals surface area contributed by atoms with E-state index in [-0.39, 0.29) is 18.1 Å². The van der Waals surface area contributed by atoms with Crippen LogP contribution in [-0.4, -0.2) is 29.0 Å². The van der Waals surface area contributed by atoms with Gasteiger partial charge in [0.25, 0.3) is 0 Å². The summed E-state index contributed by atoms with van der Waals surface area (Å²) >= 11 is 0. The third kappa shape index (κ3) is 2.99. The number of likely N-dealkylation sites (N-methyl/N-ethyl adjacent to an activating group) is 1. The lowest BCUT2D eigenvalue weighted by atomic mass is 10.1. The quantitative estimate of drug-likeness (QED) is 0.831. The van der Waals surface area contributed by atoms with Crippen LogP contribution in [-0.2, 0) is 11.2 Å². The van der Waals surface area contributed by atoms with Gasteiger partial charge in [-0.2, -0.15) is 5.26 Å². The van der Waals surface area contributed by atoms with E-state index in [1.165, 1.54) is 4.90 Å². The van der Waals surface area contributed by atoms with Crippen molar-refractivity contribution in [1.82, 2.24) is 4.90 Å². The fourth-order valence-electron chi connectivity index (χ4n) is 1.27. The molecule has 1 atom stereocenters. The molecule has 0 saturated heterocycles. The molecule has 4 heteroatoms. The number of carbonyl (C=O) groups excluding carboxylic acids is 1. The predicted molar refractivity (Wildman–Crippen MR) is 59.7 cm³/mol. The van der Waals surface area contributed by atoms with Gasteiger partial charge in [0.1, 0.15) is 11.8 Å². The molecule has 0 aliphatic rings. The minimum absolute atomic E-state index is 0.139. The van der Waals surface area contributed by atoms with Crippen LogP contribution < -0.4 is 0 Å². The van der Waals surface area contributed by atoms with E-state index in [2.05, 4.69) is 0 Å². The highest BCUT2D eigenvalue weighted by molar-refractivity contribution is 5.79. The van der Waals surface area contributed by atoms with Crippen molar-refractivity contribution in [3.8, 4) is 11.8 Å². The van der Waals surface area contributed by atoms with Crippen molar-refractivity contribution in [3.05, 3.63) is 29.8 Å². The summed E-state index contributed by atoms with van der Waals surface area (Å²) in [6.07, 6.45) is 0.191. The SMILES string of the molecule is CC(C#N)N(C)C(=O)Cc1cccc(O)c1. The highest BCUT2D eigenvalue weighted by Crippen LogP contribution is 2.12. The highest BCUT2D eigenvalue weighted by Gasteiger charge is 2.15. The maximum Gasteiger partial charge on any atom is 0.227 e. The van der Waals surface area contributed by atoms with Gasteiger partial charge in [0.15, 0.2) is 0 Å². The van der Waals surface area contributed by atoms with Crippen molar-refractivity contribution < 1.29 is 9.90 Å². The molecule has 1 unspecified atom stereocenters. The van der Waals surface area contributed by atoms with Gasteiger partial charge in [0, 0.05) is 7.05 Å². The Morgan fingerprint density at radius 1 is 1.62 bits per heavy atom. The number of benzene rings is 1. The average Bonchev–Trinajstić information content (AvgIpc) is 2.27. The molecule has 1 amide bonds. The number of phenolic OH excluding ortho intramolecular Hbond substituents is 1. The first kappa shape index (κ1) is 12.1. The smallest absolute Gasteiger partial charge is 0.227 e. The molecule has 1 aromatic rings. The zero-order valence-electron chi connectivity index (χ0n) is 9.34. The molecule has 16 heavy (non-hydrogen) atoms. The van der Waals surface area contributed by atoms with E-state index >= 15 is 0 Å². The van der Waals surface area contributed by atoms with Crippen molar-refractivity contribution in [2.24, 2.45) is 0 Å². The van der Waals surface area contributed by atoms with E-state index in [4.69, 9.17) is 5.26 Å². The van der Waals surface area contributed by atoms with E-state index in [1.54, 1.807) is 38.2 Å². The first-order chi connectivity index (χ1) is 7.54. The van der Waals surface area contributed by atoms with Gasteiger partial charge in [-0.05, 0) is 24.6 Å². The van der Waals surface area contributed by atoms with Gasteiger partial charge in [-0.15, -0.1) is 0 Å². The predicted octanol–water partition coefficient (Wildman–Crippen LogP) is 1.31. The number of rotatable bonds is 3. The number of nitrogens with zero attached hydrogens (tertiary/aromatic N) is 2. The Bertz CT molecular complexity index is 423. The lowest BCUT2D eigenvalue weighted by molar-refractivity contribution is -0.130. The maximum absolute atomic E-state index is 11.7. The molecular formula is C12H14N2O2. The Hall–Kier alpha value is -2.02. The molecule has 1 N–H and O–H groups in total. The molecule has 0 bridgehead atoms. The normalized spacial score (nSPS) is 11.6. The van der Waals surface area contributed by atoms with Crippen molar-refractivity contribution >= 4 is 5.91 Å². The van der Waals surface area contributed by atoms with E-state index in [0.29, 0.717) is 0 Å². The molecule has 1 rings (SSSR count). The summed E-state index contributed by atoms with van der Waals surface area (Å²) < 4.78 is 0. The van der Waals surface area contributed by atoms with Gasteiger partial charge in [0.05, 0.1) is 12.5 Å². The van der Waals surface area contributed by atoms with Crippen LogP contribution in [0.4, 0.5) is 0 Å². The second-order valence-electron chi connectivity index (χ2n) is 3.66. The van der Waals surface area contributed by atoms with Crippen molar-refractivity contribution in [1.29, 1.82) is 5.26 Å². The molecule has 4 nitrogen and oxygen atoms in total. The Morgan fingerprint density at radius 2 is 2.31 bits per heavy atom. The Kier molecular flexibility index (Phi) is 3.90. The number of nitriles is 1. The molecule has 0 radical (unpaired) electrons. The average molecular weight is 218 g/mol. The lowest BCUT2D eigenvalue weighted by Crippen LogP contribution is -2.35. The number of amides is 1. The minimum atomic E-state index is -0.440. The van der Waals surface area contributed by atoms with Gasteiger partial charge >= 0.3 is 0 Å². The second kappa shape index (κ2) is 5.17. The largest absolute Gasteiger partial charge is 0.508 e. The zero-order valence-corrected chi connectivity index (χ0v) is 9.34. The summed E-state index contributed by atoms with van der Waals surface area (Å²) in [5, 5.41) is 17.9. The Labute approximate surface area is 94.7 Å². The Balaban J connectivity index is 2.69. The molecule has 0 heterocycles. The monoisotopic (exact) mass is 218 g/mol. The molecule has 0 aromatic heterocycles. The van der Waals surface area contributed by atoms with Crippen LogP contribution in [0, 0.1) is 11.3 Å². The molecule has 0 aliphatic carbocycles.